The van der Waals surface area contributed by atoms with Crippen LogP contribution in [0, 0.1) is 19.3 Å². The highest BCUT2D eigenvalue weighted by Gasteiger charge is 2.22. The SMILES string of the molecule is C#CCOc1cc(-n2nc3n(c2=O)CCCC3)c(Cl)cc1Cl.C=CCN(CC=C)C(=O)C(Cl)Cl.CCOCN(C(=O)CCl)c1c(C)cccc1CC.CP(=O)(O)CCC(N)C(=O)O. The molecule has 0 spiro atoms. The van der Waals surface area contributed by atoms with Gasteiger partial charge in [-0.2, -0.15) is 4.68 Å². The number of ether oxygens (including phenoxy) is 2. The third-order valence-corrected chi connectivity index (χ3v) is 11.0. The van der Waals surface area contributed by atoms with Gasteiger partial charge in [-0.3, -0.25) is 28.4 Å². The van der Waals surface area contributed by atoms with Crippen molar-refractivity contribution in [3.05, 3.63) is 93.1 Å². The van der Waals surface area contributed by atoms with Crippen LogP contribution in [0.1, 0.15) is 50.1 Å². The number of para-hydroxylation sites is 1. The average molecular weight is 997 g/mol. The second kappa shape index (κ2) is 29.6. The van der Waals surface area contributed by atoms with Crippen LogP contribution < -0.4 is 21.1 Å². The largest absolute Gasteiger partial charge is 0.480 e. The predicted molar refractivity (Wildman–Crippen MR) is 254 cm³/mol. The number of nitrogens with two attached hydrogens (primary N) is 1. The topological polar surface area (TPSA) is 200 Å². The van der Waals surface area contributed by atoms with E-state index in [4.69, 9.17) is 89.6 Å². The number of rotatable bonds is 18. The van der Waals surface area contributed by atoms with Crippen LogP contribution in [0.4, 0.5) is 5.69 Å². The van der Waals surface area contributed by atoms with Crippen molar-refractivity contribution < 1.29 is 38.4 Å². The Morgan fingerprint density at radius 2 is 1.78 bits per heavy atom. The Morgan fingerprint density at radius 1 is 1.13 bits per heavy atom. The van der Waals surface area contributed by atoms with E-state index in [0.717, 1.165) is 48.3 Å². The van der Waals surface area contributed by atoms with E-state index in [0.29, 0.717) is 47.7 Å². The number of nitrogens with zero attached hydrogens (tertiary/aromatic N) is 5. The highest BCUT2D eigenvalue weighted by atomic mass is 35.5. The molecule has 21 heteroatoms. The number of carbonyl (C=O) groups is 3. The number of carboxylic acid groups (broad SMARTS) is 1. The zero-order chi connectivity index (χ0) is 47.9. The molecule has 0 fully saturated rings. The first-order valence-corrected chi connectivity index (χ1v) is 24.0. The Bertz CT molecular complexity index is 2130. The minimum Gasteiger partial charge on any atom is -0.480 e. The van der Waals surface area contributed by atoms with Gasteiger partial charge in [-0.25, -0.2) is 4.79 Å². The van der Waals surface area contributed by atoms with E-state index >= 15 is 0 Å². The lowest BCUT2D eigenvalue weighted by Gasteiger charge is -2.25. The van der Waals surface area contributed by atoms with Gasteiger partial charge < -0.3 is 30.1 Å². The molecular formula is C42H56Cl5N6O9P. The Morgan fingerprint density at radius 3 is 2.29 bits per heavy atom. The number of aromatic nitrogens is 3. The summed E-state index contributed by atoms with van der Waals surface area (Å²) in [6.45, 7) is 16.6. The third-order valence-electron chi connectivity index (χ3n) is 8.69. The number of terminal acetylenes is 1. The molecule has 2 atom stereocenters. The first kappa shape index (κ1) is 57.2. The highest BCUT2D eigenvalue weighted by Crippen LogP contribution is 2.36. The van der Waals surface area contributed by atoms with Crippen LogP contribution in [0.2, 0.25) is 10.0 Å². The zero-order valence-corrected chi connectivity index (χ0v) is 40.5. The number of benzene rings is 2. The quantitative estimate of drug-likeness (QED) is 0.0375. The fraction of sp³-hybridized carbons (Fsp3) is 0.452. The normalized spacial score (nSPS) is 12.8. The third kappa shape index (κ3) is 19.5. The smallest absolute Gasteiger partial charge is 0.350 e. The lowest BCUT2D eigenvalue weighted by Crippen LogP contribution is -2.35. The summed E-state index contributed by atoms with van der Waals surface area (Å²) in [5.41, 5.74) is 8.45. The summed E-state index contributed by atoms with van der Waals surface area (Å²) in [5, 5.41) is 13.3. The summed E-state index contributed by atoms with van der Waals surface area (Å²) in [6.07, 6.45) is 12.1. The highest BCUT2D eigenvalue weighted by molar-refractivity contribution is 7.57. The van der Waals surface area contributed by atoms with Crippen molar-refractivity contribution in [3.8, 4) is 23.8 Å². The van der Waals surface area contributed by atoms with Crippen LogP contribution in [0.3, 0.4) is 0 Å². The molecule has 1 aliphatic rings. The molecule has 2 aromatic carbocycles. The van der Waals surface area contributed by atoms with Gasteiger partial charge >= 0.3 is 11.7 Å². The average Bonchev–Trinajstić information content (AvgIpc) is 3.58. The Hall–Kier alpha value is -3.81. The summed E-state index contributed by atoms with van der Waals surface area (Å²) in [4.78, 5) is 56.6. The molecule has 4 rings (SSSR count). The van der Waals surface area contributed by atoms with E-state index in [1.807, 2.05) is 32.0 Å². The van der Waals surface area contributed by atoms with E-state index in [-0.39, 0.29) is 49.3 Å². The summed E-state index contributed by atoms with van der Waals surface area (Å²) in [5.74, 6) is 1.88. The van der Waals surface area contributed by atoms with Crippen LogP contribution in [0.5, 0.6) is 5.75 Å². The molecule has 4 N–H and O–H groups in total. The van der Waals surface area contributed by atoms with Crippen molar-refractivity contribution in [2.24, 2.45) is 5.73 Å². The van der Waals surface area contributed by atoms with Crippen molar-refractivity contribution in [1.29, 1.82) is 0 Å². The zero-order valence-electron chi connectivity index (χ0n) is 35.8. The molecule has 348 valence electrons. The van der Waals surface area contributed by atoms with Gasteiger partial charge in [-0.1, -0.05) is 89.6 Å². The Kier molecular flexibility index (Phi) is 26.9. The number of fused-ring (bicyclic) bond motifs is 1. The molecule has 2 amide bonds. The van der Waals surface area contributed by atoms with Crippen molar-refractivity contribution in [2.75, 3.05) is 56.6 Å². The maximum Gasteiger partial charge on any atom is 0.350 e. The summed E-state index contributed by atoms with van der Waals surface area (Å²) < 4.78 is 24.4. The van der Waals surface area contributed by atoms with Gasteiger partial charge in [0.2, 0.25) is 5.91 Å². The van der Waals surface area contributed by atoms with Gasteiger partial charge in [-0.15, -0.1) is 36.3 Å². The summed E-state index contributed by atoms with van der Waals surface area (Å²) >= 11 is 28.8. The fourth-order valence-electron chi connectivity index (χ4n) is 5.58. The number of hydrogen-bond acceptors (Lipinski definition) is 9. The number of hydrogen-bond donors (Lipinski definition) is 3. The van der Waals surface area contributed by atoms with Crippen LogP contribution in [0.25, 0.3) is 5.69 Å². The lowest BCUT2D eigenvalue weighted by atomic mass is 10.0. The van der Waals surface area contributed by atoms with Gasteiger partial charge in [0, 0.05) is 51.6 Å². The molecule has 2 unspecified atom stereocenters. The van der Waals surface area contributed by atoms with Gasteiger partial charge in [0.05, 0.1) is 21.4 Å². The molecule has 0 bridgehead atoms. The Balaban J connectivity index is 0.000000439. The predicted octanol–water partition coefficient (Wildman–Crippen LogP) is 7.49. The van der Waals surface area contributed by atoms with E-state index in [2.05, 4.69) is 31.1 Å². The van der Waals surface area contributed by atoms with Crippen LogP contribution in [-0.2, 0) is 43.1 Å². The molecule has 15 nitrogen and oxygen atoms in total. The molecule has 1 aromatic heterocycles. The molecular weight excluding hydrogens is 941 g/mol. The molecule has 0 saturated carbocycles. The van der Waals surface area contributed by atoms with E-state index < -0.39 is 24.2 Å². The van der Waals surface area contributed by atoms with Crippen LogP contribution in [0.15, 0.2) is 60.4 Å². The lowest BCUT2D eigenvalue weighted by molar-refractivity contribution is -0.138. The van der Waals surface area contributed by atoms with Crippen LogP contribution >= 0.6 is 65.4 Å². The van der Waals surface area contributed by atoms with E-state index in [1.165, 1.54) is 22.3 Å². The second-order valence-electron chi connectivity index (χ2n) is 13.6. The number of amides is 2. The fourth-order valence-corrected chi connectivity index (χ4v) is 7.28. The summed E-state index contributed by atoms with van der Waals surface area (Å²) in [6, 6.07) is 8.10. The molecule has 0 radical (unpaired) electrons. The molecule has 1 aliphatic heterocycles. The number of carboxylic acids is 1. The molecule has 3 aromatic rings. The van der Waals surface area contributed by atoms with Crippen LogP contribution in [-0.4, -0.2) is 110 Å². The van der Waals surface area contributed by atoms with E-state index in [1.54, 1.807) is 27.7 Å². The molecule has 2 heterocycles. The number of anilines is 1. The van der Waals surface area contributed by atoms with Gasteiger partial charge in [-0.05, 0) is 56.7 Å². The molecule has 63 heavy (non-hydrogen) atoms. The molecule has 0 saturated heterocycles. The first-order chi connectivity index (χ1) is 29.7. The summed E-state index contributed by atoms with van der Waals surface area (Å²) in [7, 11) is -3.10. The van der Waals surface area contributed by atoms with Gasteiger partial charge in [0.1, 0.15) is 36.8 Å². The van der Waals surface area contributed by atoms with Crippen molar-refractivity contribution in [2.45, 2.75) is 70.3 Å². The second-order valence-corrected chi connectivity index (χ2v) is 18.3. The number of alkyl halides is 3. The maximum absolute atomic E-state index is 12.5. The van der Waals surface area contributed by atoms with Crippen molar-refractivity contribution in [1.82, 2.24) is 19.2 Å². The standard InChI is InChI=1S/C15H13Cl2N3O2.C14H20ClNO2.C8H11Cl2NO.C5H12NO4P/c1-2-7-22-13-9-12(10(16)8-11(13)17)20-15(21)19-6-4-3-5-14(19)18-20;1-4-12-8-6-7-11(3)14(12)16(10-18-5-2)13(17)9-15;1-3-5-11(6-4-2)8(12)7(9)10;1-11(9,10)3-2-4(6)5(7)8/h1,8-9H,3-7H2;6-8H,4-5,9-10H2,1-3H3;3-4,7H,1-2,5-6H2;4H,2-3,6H2,1H3,(H,7,8)(H,9,10). The number of aliphatic carboxylic acids is 1. The van der Waals surface area contributed by atoms with Gasteiger partial charge in [0.15, 0.2) is 12.2 Å². The van der Waals surface area contributed by atoms with Crippen molar-refractivity contribution >= 4 is 88.8 Å². The number of halogens is 5. The minimum atomic E-state index is -3.10. The van der Waals surface area contributed by atoms with Gasteiger partial charge in [0.25, 0.3) is 5.91 Å². The molecule has 0 aliphatic carbocycles. The van der Waals surface area contributed by atoms with Crippen molar-refractivity contribution in [3.63, 3.8) is 0 Å². The number of aryl methyl sites for hydroxylation is 3. The monoisotopic (exact) mass is 994 g/mol. The maximum atomic E-state index is 12.5. The first-order valence-electron chi connectivity index (χ1n) is 19.6. The Labute approximate surface area is 394 Å². The van der Waals surface area contributed by atoms with E-state index in [9.17, 15) is 23.7 Å². The minimum absolute atomic E-state index is 0.0371. The number of carbonyl (C=O) groups excluding carboxylic acids is 2.